The predicted molar refractivity (Wildman–Crippen MR) is 48.4 cm³/mol. The smallest absolute Gasteiger partial charge is 0.266 e. The summed E-state index contributed by atoms with van der Waals surface area (Å²) in [5.41, 5.74) is -0.163. The van der Waals surface area contributed by atoms with Gasteiger partial charge in [0.1, 0.15) is 5.82 Å². The molecule has 66 valence electrons. The number of anilines is 1. The van der Waals surface area contributed by atoms with E-state index in [1.807, 2.05) is 11.9 Å². The molecule has 0 fully saturated rings. The van der Waals surface area contributed by atoms with Crippen LogP contribution in [0.2, 0.25) is 0 Å². The summed E-state index contributed by atoms with van der Waals surface area (Å²) in [7, 11) is 1.95. The second-order valence-corrected chi connectivity index (χ2v) is 2.69. The summed E-state index contributed by atoms with van der Waals surface area (Å²) in [5, 5.41) is 0. The molecule has 1 rings (SSSR count). The fourth-order valence-electron chi connectivity index (χ4n) is 0.994. The molecule has 0 unspecified atom stereocenters. The number of aromatic amines is 1. The topological polar surface area (TPSA) is 49.0 Å². The lowest BCUT2D eigenvalue weighted by Crippen LogP contribution is -2.20. The molecule has 1 aromatic rings. The molecule has 4 heteroatoms. The second-order valence-electron chi connectivity index (χ2n) is 2.69. The quantitative estimate of drug-likeness (QED) is 0.717. The van der Waals surface area contributed by atoms with Crippen LogP contribution in [0.4, 0.5) is 5.82 Å². The summed E-state index contributed by atoms with van der Waals surface area (Å²) in [5.74, 6) is 0.802. The Balaban J connectivity index is 2.75. The normalized spacial score (nSPS) is 9.83. The van der Waals surface area contributed by atoms with Gasteiger partial charge in [0.15, 0.2) is 0 Å². The van der Waals surface area contributed by atoms with Crippen molar-refractivity contribution in [3.05, 3.63) is 22.7 Å². The number of nitrogens with one attached hydrogen (secondary N) is 1. The monoisotopic (exact) mass is 167 g/mol. The first-order chi connectivity index (χ1) is 5.74. The average Bonchev–Trinajstić information content (AvgIpc) is 2.06. The van der Waals surface area contributed by atoms with Crippen LogP contribution < -0.4 is 10.5 Å². The largest absolute Gasteiger partial charge is 0.358 e. The standard InChI is InChI=1S/C8H13N3O/c1-3-4-11(2)7-5-10-8(12)6-9-7/h5-6H,3-4H2,1-2H3,(H,10,12). The third-order valence-electron chi connectivity index (χ3n) is 1.61. The Kier molecular flexibility index (Phi) is 2.85. The van der Waals surface area contributed by atoms with E-state index in [1.54, 1.807) is 6.20 Å². The van der Waals surface area contributed by atoms with Crippen molar-refractivity contribution < 1.29 is 0 Å². The molecule has 0 aliphatic heterocycles. The number of nitrogens with zero attached hydrogens (tertiary/aromatic N) is 2. The van der Waals surface area contributed by atoms with Gasteiger partial charge in [-0.3, -0.25) is 4.79 Å². The van der Waals surface area contributed by atoms with E-state index in [4.69, 9.17) is 0 Å². The van der Waals surface area contributed by atoms with Crippen LogP contribution in [-0.4, -0.2) is 23.6 Å². The molecule has 0 aliphatic carbocycles. The van der Waals surface area contributed by atoms with Crippen molar-refractivity contribution in [1.82, 2.24) is 9.97 Å². The minimum atomic E-state index is -0.163. The van der Waals surface area contributed by atoms with Gasteiger partial charge >= 0.3 is 0 Å². The van der Waals surface area contributed by atoms with Crippen LogP contribution in [0.1, 0.15) is 13.3 Å². The maximum atomic E-state index is 10.7. The lowest BCUT2D eigenvalue weighted by Gasteiger charge is -2.15. The van der Waals surface area contributed by atoms with E-state index in [-0.39, 0.29) is 5.56 Å². The van der Waals surface area contributed by atoms with Crippen LogP contribution in [-0.2, 0) is 0 Å². The summed E-state index contributed by atoms with van der Waals surface area (Å²) in [4.78, 5) is 19.2. The number of H-pyrrole nitrogens is 1. The maximum Gasteiger partial charge on any atom is 0.266 e. The van der Waals surface area contributed by atoms with Gasteiger partial charge in [0, 0.05) is 19.8 Å². The second kappa shape index (κ2) is 3.90. The molecule has 0 bridgehead atoms. The lowest BCUT2D eigenvalue weighted by atomic mass is 10.4. The fraction of sp³-hybridized carbons (Fsp3) is 0.500. The molecule has 0 saturated carbocycles. The van der Waals surface area contributed by atoms with Crippen LogP contribution in [0.3, 0.4) is 0 Å². The summed E-state index contributed by atoms with van der Waals surface area (Å²) < 4.78 is 0. The highest BCUT2D eigenvalue weighted by Gasteiger charge is 1.98. The fourth-order valence-corrected chi connectivity index (χ4v) is 0.994. The summed E-state index contributed by atoms with van der Waals surface area (Å²) in [6.07, 6.45) is 3.98. The Morgan fingerprint density at radius 3 is 2.92 bits per heavy atom. The van der Waals surface area contributed by atoms with E-state index in [0.717, 1.165) is 18.8 Å². The van der Waals surface area contributed by atoms with Crippen molar-refractivity contribution in [2.45, 2.75) is 13.3 Å². The number of rotatable bonds is 3. The van der Waals surface area contributed by atoms with E-state index in [9.17, 15) is 4.79 Å². The number of aromatic nitrogens is 2. The van der Waals surface area contributed by atoms with Gasteiger partial charge < -0.3 is 9.88 Å². The van der Waals surface area contributed by atoms with E-state index in [1.165, 1.54) is 6.20 Å². The minimum absolute atomic E-state index is 0.163. The Morgan fingerprint density at radius 2 is 2.42 bits per heavy atom. The number of hydrogen-bond donors (Lipinski definition) is 1. The van der Waals surface area contributed by atoms with Gasteiger partial charge in [-0.25, -0.2) is 4.98 Å². The van der Waals surface area contributed by atoms with Crippen molar-refractivity contribution >= 4 is 5.82 Å². The van der Waals surface area contributed by atoms with E-state index >= 15 is 0 Å². The summed E-state index contributed by atoms with van der Waals surface area (Å²) in [6.45, 7) is 3.04. The van der Waals surface area contributed by atoms with Crippen molar-refractivity contribution in [3.63, 3.8) is 0 Å². The maximum absolute atomic E-state index is 10.7. The summed E-state index contributed by atoms with van der Waals surface area (Å²) in [6, 6.07) is 0. The SMILES string of the molecule is CCCN(C)c1c[nH]c(=O)cn1. The van der Waals surface area contributed by atoms with E-state index in [0.29, 0.717) is 0 Å². The third kappa shape index (κ3) is 2.08. The van der Waals surface area contributed by atoms with Crippen molar-refractivity contribution in [1.29, 1.82) is 0 Å². The van der Waals surface area contributed by atoms with Crippen LogP contribution in [0, 0.1) is 0 Å². The zero-order chi connectivity index (χ0) is 8.97. The first-order valence-corrected chi connectivity index (χ1v) is 4.00. The highest BCUT2D eigenvalue weighted by Crippen LogP contribution is 2.02. The van der Waals surface area contributed by atoms with Crippen LogP contribution in [0.15, 0.2) is 17.2 Å². The van der Waals surface area contributed by atoms with Crippen LogP contribution >= 0.6 is 0 Å². The lowest BCUT2D eigenvalue weighted by molar-refractivity contribution is 0.832. The van der Waals surface area contributed by atoms with Crippen LogP contribution in [0.25, 0.3) is 0 Å². The molecule has 1 N–H and O–H groups in total. The molecule has 0 aliphatic rings. The molecule has 0 spiro atoms. The Labute approximate surface area is 71.3 Å². The van der Waals surface area contributed by atoms with E-state index < -0.39 is 0 Å². The predicted octanol–water partition coefficient (Wildman–Crippen LogP) is 0.616. The van der Waals surface area contributed by atoms with Crippen molar-refractivity contribution in [2.24, 2.45) is 0 Å². The molecule has 1 aromatic heterocycles. The number of hydrogen-bond acceptors (Lipinski definition) is 3. The Bertz CT molecular complexity index is 274. The van der Waals surface area contributed by atoms with Gasteiger partial charge in [-0.15, -0.1) is 0 Å². The highest BCUT2D eigenvalue weighted by molar-refractivity contribution is 5.33. The highest BCUT2D eigenvalue weighted by atomic mass is 16.1. The molecule has 0 amide bonds. The third-order valence-corrected chi connectivity index (χ3v) is 1.61. The molecule has 0 saturated heterocycles. The Hall–Kier alpha value is -1.32. The van der Waals surface area contributed by atoms with Gasteiger partial charge in [-0.1, -0.05) is 6.92 Å². The zero-order valence-corrected chi connectivity index (χ0v) is 7.37. The van der Waals surface area contributed by atoms with Gasteiger partial charge in [0.2, 0.25) is 0 Å². The zero-order valence-electron chi connectivity index (χ0n) is 7.37. The van der Waals surface area contributed by atoms with Crippen molar-refractivity contribution in [3.8, 4) is 0 Å². The molecule has 0 aromatic carbocycles. The summed E-state index contributed by atoms with van der Waals surface area (Å²) >= 11 is 0. The molecule has 0 atom stereocenters. The first-order valence-electron chi connectivity index (χ1n) is 4.00. The Morgan fingerprint density at radius 1 is 1.67 bits per heavy atom. The minimum Gasteiger partial charge on any atom is -0.358 e. The molecule has 1 heterocycles. The van der Waals surface area contributed by atoms with Crippen molar-refractivity contribution in [2.75, 3.05) is 18.5 Å². The van der Waals surface area contributed by atoms with Gasteiger partial charge in [-0.2, -0.15) is 0 Å². The molecule has 12 heavy (non-hydrogen) atoms. The van der Waals surface area contributed by atoms with Gasteiger partial charge in [0.05, 0.1) is 6.20 Å². The average molecular weight is 167 g/mol. The van der Waals surface area contributed by atoms with Gasteiger partial charge in [-0.05, 0) is 6.42 Å². The van der Waals surface area contributed by atoms with E-state index in [2.05, 4.69) is 16.9 Å². The molecule has 4 nitrogen and oxygen atoms in total. The van der Waals surface area contributed by atoms with Crippen LogP contribution in [0.5, 0.6) is 0 Å². The molecule has 0 radical (unpaired) electrons. The first kappa shape index (κ1) is 8.77. The molecular weight excluding hydrogens is 154 g/mol. The molecular formula is C8H13N3O. The van der Waals surface area contributed by atoms with Gasteiger partial charge in [0.25, 0.3) is 5.56 Å².